The smallest absolute Gasteiger partial charge is 0.144 e. The molecule has 0 unspecified atom stereocenters. The Morgan fingerprint density at radius 3 is 2.69 bits per heavy atom. The molecule has 0 aliphatic carbocycles. The number of anilines is 1. The number of thiophene rings is 1. The molecule has 2 nitrogen and oxygen atoms in total. The summed E-state index contributed by atoms with van der Waals surface area (Å²) in [5.74, 6) is 0.556. The predicted octanol–water partition coefficient (Wildman–Crippen LogP) is 4.22. The summed E-state index contributed by atoms with van der Waals surface area (Å²) in [7, 11) is 0. The van der Waals surface area contributed by atoms with Crippen molar-refractivity contribution in [2.24, 2.45) is 0 Å². The van der Waals surface area contributed by atoms with Gasteiger partial charge in [-0.25, -0.2) is 0 Å². The molecule has 0 saturated carbocycles. The van der Waals surface area contributed by atoms with E-state index in [0.29, 0.717) is 28.1 Å². The first-order chi connectivity index (χ1) is 7.66. The van der Waals surface area contributed by atoms with Crippen LogP contribution in [-0.4, -0.2) is 0 Å². The number of rotatable bonds is 3. The molecule has 2 rings (SSSR count). The molecular weight excluding hydrogens is 265 g/mol. The molecule has 1 aromatic heterocycles. The van der Waals surface area contributed by atoms with Crippen LogP contribution in [0, 0.1) is 0 Å². The average Bonchev–Trinajstić information content (AvgIpc) is 2.74. The van der Waals surface area contributed by atoms with Crippen LogP contribution in [-0.2, 0) is 6.61 Å². The molecule has 0 radical (unpaired) electrons. The first-order valence-electron chi connectivity index (χ1n) is 4.55. The minimum absolute atomic E-state index is 0.432. The van der Waals surface area contributed by atoms with Gasteiger partial charge in [0, 0.05) is 6.07 Å². The van der Waals surface area contributed by atoms with E-state index in [0.717, 1.165) is 5.56 Å². The Morgan fingerprint density at radius 1 is 1.25 bits per heavy atom. The van der Waals surface area contributed by atoms with Gasteiger partial charge in [0.1, 0.15) is 12.4 Å². The third-order valence-corrected chi connectivity index (χ3v) is 3.48. The summed E-state index contributed by atoms with van der Waals surface area (Å²) in [5, 5.41) is 4.89. The fraction of sp³-hybridized carbons (Fsp3) is 0.0909. The summed E-state index contributed by atoms with van der Waals surface area (Å²) in [6, 6.07) is 5.22. The van der Waals surface area contributed by atoms with E-state index in [-0.39, 0.29) is 0 Å². The second kappa shape index (κ2) is 4.95. The topological polar surface area (TPSA) is 35.2 Å². The Hall–Kier alpha value is -0.900. The van der Waals surface area contributed by atoms with Crippen molar-refractivity contribution in [3.63, 3.8) is 0 Å². The third-order valence-electron chi connectivity index (χ3n) is 2.03. The van der Waals surface area contributed by atoms with Gasteiger partial charge in [-0.15, -0.1) is 0 Å². The lowest BCUT2D eigenvalue weighted by Crippen LogP contribution is -1.97. The normalized spacial score (nSPS) is 10.4. The first kappa shape index (κ1) is 11.6. The van der Waals surface area contributed by atoms with E-state index >= 15 is 0 Å². The minimum atomic E-state index is 0.432. The number of hydrogen-bond acceptors (Lipinski definition) is 3. The molecule has 0 amide bonds. The van der Waals surface area contributed by atoms with Crippen molar-refractivity contribution in [3.05, 3.63) is 44.6 Å². The largest absolute Gasteiger partial charge is 0.487 e. The highest BCUT2D eigenvalue weighted by molar-refractivity contribution is 7.07. The van der Waals surface area contributed by atoms with Crippen molar-refractivity contribution in [2.75, 3.05) is 5.73 Å². The molecular formula is C11H9Cl2NOS. The summed E-state index contributed by atoms with van der Waals surface area (Å²) in [6.45, 7) is 0.478. The summed E-state index contributed by atoms with van der Waals surface area (Å²) < 4.78 is 5.56. The van der Waals surface area contributed by atoms with Crippen molar-refractivity contribution in [1.82, 2.24) is 0 Å². The molecule has 0 fully saturated rings. The second-order valence-corrected chi connectivity index (χ2v) is 4.82. The molecule has 2 aromatic rings. The molecule has 0 spiro atoms. The van der Waals surface area contributed by atoms with Gasteiger partial charge in [0.15, 0.2) is 0 Å². The van der Waals surface area contributed by atoms with Crippen LogP contribution >= 0.6 is 34.5 Å². The van der Waals surface area contributed by atoms with E-state index in [2.05, 4.69) is 0 Å². The van der Waals surface area contributed by atoms with E-state index in [1.54, 1.807) is 23.5 Å². The van der Waals surface area contributed by atoms with Crippen LogP contribution in [0.5, 0.6) is 5.75 Å². The number of hydrogen-bond donors (Lipinski definition) is 1. The average molecular weight is 274 g/mol. The number of benzene rings is 1. The van der Waals surface area contributed by atoms with Crippen LogP contribution < -0.4 is 10.5 Å². The van der Waals surface area contributed by atoms with E-state index in [1.165, 1.54) is 0 Å². The lowest BCUT2D eigenvalue weighted by molar-refractivity contribution is 0.308. The van der Waals surface area contributed by atoms with E-state index < -0.39 is 0 Å². The Balaban J connectivity index is 2.12. The third kappa shape index (κ3) is 2.61. The van der Waals surface area contributed by atoms with E-state index in [9.17, 15) is 0 Å². The fourth-order valence-electron chi connectivity index (χ4n) is 1.20. The van der Waals surface area contributed by atoms with Gasteiger partial charge < -0.3 is 10.5 Å². The molecule has 2 N–H and O–H groups in total. The van der Waals surface area contributed by atoms with Gasteiger partial charge in [-0.2, -0.15) is 11.3 Å². The lowest BCUT2D eigenvalue weighted by atomic mass is 10.3. The van der Waals surface area contributed by atoms with Crippen molar-refractivity contribution in [3.8, 4) is 5.75 Å². The molecule has 0 aliphatic heterocycles. The molecule has 84 valence electrons. The van der Waals surface area contributed by atoms with Gasteiger partial charge in [0.25, 0.3) is 0 Å². The molecule has 0 aliphatic rings. The Morgan fingerprint density at radius 2 is 2.00 bits per heavy atom. The maximum atomic E-state index is 5.88. The summed E-state index contributed by atoms with van der Waals surface area (Å²) in [4.78, 5) is 0. The number of ether oxygens (including phenoxy) is 1. The van der Waals surface area contributed by atoms with Crippen molar-refractivity contribution in [1.29, 1.82) is 0 Å². The minimum Gasteiger partial charge on any atom is -0.487 e. The monoisotopic (exact) mass is 273 g/mol. The van der Waals surface area contributed by atoms with Crippen LogP contribution in [0.2, 0.25) is 10.0 Å². The molecule has 5 heteroatoms. The Labute approximate surface area is 108 Å². The summed E-state index contributed by atoms with van der Waals surface area (Å²) >= 11 is 13.3. The maximum Gasteiger partial charge on any atom is 0.144 e. The van der Waals surface area contributed by atoms with E-state index in [1.807, 2.05) is 16.8 Å². The van der Waals surface area contributed by atoms with Crippen LogP contribution in [0.4, 0.5) is 5.69 Å². The van der Waals surface area contributed by atoms with Crippen LogP contribution in [0.3, 0.4) is 0 Å². The standard InChI is InChI=1S/C11H9Cl2NOS/c12-8-3-10(14)11(4-9(8)13)15-5-7-1-2-16-6-7/h1-4,6H,5,14H2. The summed E-state index contributed by atoms with van der Waals surface area (Å²) in [6.07, 6.45) is 0. The van der Waals surface area contributed by atoms with Gasteiger partial charge in [-0.1, -0.05) is 23.2 Å². The molecule has 0 saturated heterocycles. The molecule has 1 aromatic carbocycles. The van der Waals surface area contributed by atoms with Gasteiger partial charge >= 0.3 is 0 Å². The quantitative estimate of drug-likeness (QED) is 0.850. The van der Waals surface area contributed by atoms with Crippen molar-refractivity contribution < 1.29 is 4.74 Å². The van der Waals surface area contributed by atoms with Crippen LogP contribution in [0.1, 0.15) is 5.56 Å². The van der Waals surface area contributed by atoms with Crippen molar-refractivity contribution in [2.45, 2.75) is 6.61 Å². The highest BCUT2D eigenvalue weighted by Crippen LogP contribution is 2.32. The fourth-order valence-corrected chi connectivity index (χ4v) is 2.18. The molecule has 1 heterocycles. The molecule has 0 atom stereocenters. The zero-order valence-corrected chi connectivity index (χ0v) is 10.6. The van der Waals surface area contributed by atoms with Gasteiger partial charge in [0.2, 0.25) is 0 Å². The summed E-state index contributed by atoms with van der Waals surface area (Å²) in [5.41, 5.74) is 7.36. The highest BCUT2D eigenvalue weighted by Gasteiger charge is 2.06. The predicted molar refractivity (Wildman–Crippen MR) is 69.5 cm³/mol. The van der Waals surface area contributed by atoms with Gasteiger partial charge in [0.05, 0.1) is 15.7 Å². The van der Waals surface area contributed by atoms with Crippen LogP contribution in [0.15, 0.2) is 29.0 Å². The number of halogens is 2. The number of nitrogen functional groups attached to an aromatic ring is 1. The highest BCUT2D eigenvalue weighted by atomic mass is 35.5. The lowest BCUT2D eigenvalue weighted by Gasteiger charge is -2.09. The number of nitrogens with two attached hydrogens (primary N) is 1. The molecule has 16 heavy (non-hydrogen) atoms. The zero-order chi connectivity index (χ0) is 11.5. The second-order valence-electron chi connectivity index (χ2n) is 3.22. The Kier molecular flexibility index (Phi) is 3.59. The molecule has 0 bridgehead atoms. The Bertz CT molecular complexity index is 485. The van der Waals surface area contributed by atoms with Crippen LogP contribution in [0.25, 0.3) is 0 Å². The van der Waals surface area contributed by atoms with Gasteiger partial charge in [-0.3, -0.25) is 0 Å². The van der Waals surface area contributed by atoms with Crippen molar-refractivity contribution >= 4 is 40.2 Å². The van der Waals surface area contributed by atoms with E-state index in [4.69, 9.17) is 33.7 Å². The zero-order valence-electron chi connectivity index (χ0n) is 8.24. The first-order valence-corrected chi connectivity index (χ1v) is 6.25. The van der Waals surface area contributed by atoms with Gasteiger partial charge in [-0.05, 0) is 28.5 Å². The maximum absolute atomic E-state index is 5.88. The SMILES string of the molecule is Nc1cc(Cl)c(Cl)cc1OCc1ccsc1.